The normalized spacial score (nSPS) is 23.1. The van der Waals surface area contributed by atoms with Gasteiger partial charge < -0.3 is 10.0 Å². The topological polar surface area (TPSA) is 77.9 Å². The number of aliphatic carboxylic acids is 1. The van der Waals surface area contributed by atoms with Crippen LogP contribution in [0.2, 0.25) is 0 Å². The monoisotopic (exact) mass is 464 g/mol. The van der Waals surface area contributed by atoms with Crippen LogP contribution < -0.4 is 4.90 Å². The lowest BCUT2D eigenvalue weighted by Crippen LogP contribution is -2.33. The van der Waals surface area contributed by atoms with E-state index in [1.165, 1.54) is 5.56 Å². The van der Waals surface area contributed by atoms with Crippen LogP contribution in [-0.4, -0.2) is 45.1 Å². The van der Waals surface area contributed by atoms with Gasteiger partial charge in [-0.1, -0.05) is 36.5 Å². The number of carbonyl (C=O) groups is 3. The predicted molar refractivity (Wildman–Crippen MR) is 128 cm³/mol. The molecule has 2 fully saturated rings. The van der Waals surface area contributed by atoms with Gasteiger partial charge in [0.1, 0.15) is 17.2 Å². The Labute approximate surface area is 194 Å². The minimum atomic E-state index is -1.09. The third-order valence-electron chi connectivity index (χ3n) is 6.29. The minimum Gasteiger partial charge on any atom is -0.480 e. The molecule has 2 heterocycles. The summed E-state index contributed by atoms with van der Waals surface area (Å²) in [4.78, 5) is 38.6. The molecule has 0 bridgehead atoms. The van der Waals surface area contributed by atoms with Crippen molar-refractivity contribution < 1.29 is 19.5 Å². The van der Waals surface area contributed by atoms with E-state index in [-0.39, 0.29) is 10.2 Å². The van der Waals surface area contributed by atoms with Crippen LogP contribution in [-0.2, 0) is 9.59 Å². The number of fused-ring (bicyclic) bond motifs is 3. The third kappa shape index (κ3) is 3.53. The molecule has 1 aliphatic carbocycles. The summed E-state index contributed by atoms with van der Waals surface area (Å²) in [6.45, 7) is -0.423. The average Bonchev–Trinajstić information content (AvgIpc) is 3.44. The van der Waals surface area contributed by atoms with Crippen LogP contribution in [0.25, 0.3) is 6.08 Å². The van der Waals surface area contributed by atoms with Gasteiger partial charge in [-0.15, -0.1) is 0 Å². The van der Waals surface area contributed by atoms with Crippen molar-refractivity contribution in [3.05, 3.63) is 64.1 Å². The maximum atomic E-state index is 12.6. The van der Waals surface area contributed by atoms with E-state index < -0.39 is 12.5 Å². The van der Waals surface area contributed by atoms with Gasteiger partial charge in [0.25, 0.3) is 5.91 Å². The van der Waals surface area contributed by atoms with Crippen LogP contribution >= 0.6 is 24.0 Å². The molecule has 32 heavy (non-hydrogen) atoms. The zero-order valence-corrected chi connectivity index (χ0v) is 18.7. The van der Waals surface area contributed by atoms with E-state index in [1.807, 2.05) is 30.3 Å². The second-order valence-electron chi connectivity index (χ2n) is 8.16. The van der Waals surface area contributed by atoms with Gasteiger partial charge in [0.15, 0.2) is 0 Å². The zero-order valence-electron chi connectivity index (χ0n) is 17.1. The van der Waals surface area contributed by atoms with Crippen molar-refractivity contribution in [1.29, 1.82) is 0 Å². The summed E-state index contributed by atoms with van der Waals surface area (Å²) >= 11 is 6.33. The first kappa shape index (κ1) is 20.9. The molecule has 1 saturated heterocycles. The summed E-state index contributed by atoms with van der Waals surface area (Å²) < 4.78 is 0.269. The van der Waals surface area contributed by atoms with E-state index in [0.29, 0.717) is 22.4 Å². The molecule has 6 nitrogen and oxygen atoms in total. The summed E-state index contributed by atoms with van der Waals surface area (Å²) in [6, 6.07) is 14.3. The van der Waals surface area contributed by atoms with E-state index >= 15 is 0 Å². The number of thioether (sulfide) groups is 1. The lowest BCUT2D eigenvalue weighted by Gasteiger charge is -2.27. The molecule has 0 spiro atoms. The van der Waals surface area contributed by atoms with E-state index in [9.17, 15) is 14.4 Å². The minimum absolute atomic E-state index is 0.269. The van der Waals surface area contributed by atoms with Gasteiger partial charge in [-0.25, -0.2) is 0 Å². The average molecular weight is 465 g/mol. The number of carboxylic acids is 1. The molecule has 2 unspecified atom stereocenters. The molecular weight excluding hydrogens is 444 g/mol. The van der Waals surface area contributed by atoms with Crippen LogP contribution in [0.4, 0.5) is 11.4 Å². The standard InChI is InChI=1S/C24H20N2O4S2/c27-13-14-4-7-16(8-5-14)26-19-3-1-2-17(19)18-10-15(6-9-20(18)26)11-21-23(30)25(12-22(28)29)24(31)32-21/h4-11,13,17,19H,1-3,12H2,(H,28,29)/b21-11-. The van der Waals surface area contributed by atoms with Crippen molar-refractivity contribution in [2.24, 2.45) is 0 Å². The first-order chi connectivity index (χ1) is 15.5. The SMILES string of the molecule is O=Cc1ccc(N2c3ccc(/C=C4\SC(=S)N(CC(=O)O)C4=O)cc3C3CCCC32)cc1. The summed E-state index contributed by atoms with van der Waals surface area (Å²) in [7, 11) is 0. The zero-order chi connectivity index (χ0) is 22.4. The van der Waals surface area contributed by atoms with Crippen molar-refractivity contribution in [1.82, 2.24) is 4.90 Å². The van der Waals surface area contributed by atoms with Crippen LogP contribution in [0.3, 0.4) is 0 Å². The van der Waals surface area contributed by atoms with E-state index in [1.54, 1.807) is 6.08 Å². The number of carbonyl (C=O) groups excluding carboxylic acids is 2. The maximum absolute atomic E-state index is 12.6. The fraction of sp³-hybridized carbons (Fsp3) is 0.250. The van der Waals surface area contributed by atoms with Crippen molar-refractivity contribution in [3.63, 3.8) is 0 Å². The number of hydrogen-bond donors (Lipinski definition) is 1. The first-order valence-electron chi connectivity index (χ1n) is 10.4. The van der Waals surface area contributed by atoms with Crippen molar-refractivity contribution in [3.8, 4) is 0 Å². The van der Waals surface area contributed by atoms with Gasteiger partial charge >= 0.3 is 5.97 Å². The molecule has 2 atom stereocenters. The Hall–Kier alpha value is -2.97. The fourth-order valence-electron chi connectivity index (χ4n) is 4.94. The number of thiocarbonyl (C=S) groups is 1. The molecule has 2 aromatic rings. The van der Waals surface area contributed by atoms with Crippen molar-refractivity contribution in [2.45, 2.75) is 31.2 Å². The first-order valence-corrected chi connectivity index (χ1v) is 11.6. The molecule has 2 aliphatic heterocycles. The molecular formula is C24H20N2O4S2. The lowest BCUT2D eigenvalue weighted by atomic mass is 9.96. The van der Waals surface area contributed by atoms with E-state index in [2.05, 4.69) is 17.0 Å². The molecule has 2 aromatic carbocycles. The highest BCUT2D eigenvalue weighted by molar-refractivity contribution is 8.26. The van der Waals surface area contributed by atoms with Gasteiger partial charge in [0.2, 0.25) is 0 Å². The molecule has 162 valence electrons. The number of aldehydes is 1. The third-order valence-corrected chi connectivity index (χ3v) is 7.67. The van der Waals surface area contributed by atoms with Crippen LogP contribution in [0.15, 0.2) is 47.4 Å². The molecule has 0 aromatic heterocycles. The summed E-state index contributed by atoms with van der Waals surface area (Å²) in [5, 5.41) is 9.02. The molecule has 1 saturated carbocycles. The van der Waals surface area contributed by atoms with Gasteiger partial charge in [-0.3, -0.25) is 19.3 Å². The highest BCUT2D eigenvalue weighted by atomic mass is 32.2. The number of anilines is 2. The van der Waals surface area contributed by atoms with Gasteiger partial charge in [-0.05, 0) is 66.4 Å². The fourth-order valence-corrected chi connectivity index (χ4v) is 6.19. The smallest absolute Gasteiger partial charge is 0.323 e. The van der Waals surface area contributed by atoms with Crippen LogP contribution in [0, 0.1) is 0 Å². The highest BCUT2D eigenvalue weighted by Gasteiger charge is 2.42. The van der Waals surface area contributed by atoms with E-state index in [0.717, 1.165) is 59.1 Å². The number of rotatable bonds is 5. The summed E-state index contributed by atoms with van der Waals surface area (Å²) in [6.07, 6.45) is 6.04. The van der Waals surface area contributed by atoms with Crippen molar-refractivity contribution in [2.75, 3.05) is 11.4 Å². The van der Waals surface area contributed by atoms with E-state index in [4.69, 9.17) is 17.3 Å². The Balaban J connectivity index is 1.48. The molecule has 8 heteroatoms. The number of amides is 1. The lowest BCUT2D eigenvalue weighted by molar-refractivity contribution is -0.140. The number of nitrogens with zero attached hydrogens (tertiary/aromatic N) is 2. The Kier molecular flexibility index (Phi) is 5.35. The largest absolute Gasteiger partial charge is 0.480 e. The second kappa shape index (κ2) is 8.18. The molecule has 5 rings (SSSR count). The second-order valence-corrected chi connectivity index (χ2v) is 9.84. The van der Waals surface area contributed by atoms with Gasteiger partial charge in [-0.2, -0.15) is 0 Å². The summed E-state index contributed by atoms with van der Waals surface area (Å²) in [5.74, 6) is -1.03. The summed E-state index contributed by atoms with van der Waals surface area (Å²) in [5.41, 5.74) is 5.07. The molecule has 1 amide bonds. The molecule has 0 radical (unpaired) electrons. The Morgan fingerprint density at radius 1 is 1.16 bits per heavy atom. The number of carboxylic acid groups (broad SMARTS) is 1. The van der Waals surface area contributed by atoms with Crippen LogP contribution in [0.5, 0.6) is 0 Å². The Morgan fingerprint density at radius 3 is 2.62 bits per heavy atom. The van der Waals surface area contributed by atoms with Gasteiger partial charge in [0, 0.05) is 28.9 Å². The number of benzene rings is 2. The van der Waals surface area contributed by atoms with Crippen LogP contribution in [0.1, 0.15) is 46.7 Å². The molecule has 3 aliphatic rings. The van der Waals surface area contributed by atoms with Crippen molar-refractivity contribution >= 4 is 63.9 Å². The van der Waals surface area contributed by atoms with Gasteiger partial charge in [0.05, 0.1) is 4.91 Å². The Bertz CT molecular complexity index is 1180. The molecule has 1 N–H and O–H groups in total. The number of hydrogen-bond acceptors (Lipinski definition) is 6. The predicted octanol–water partition coefficient (Wildman–Crippen LogP) is 4.57. The maximum Gasteiger partial charge on any atom is 0.323 e. The Morgan fingerprint density at radius 2 is 1.91 bits per heavy atom. The highest BCUT2D eigenvalue weighted by Crippen LogP contribution is 2.52. The quantitative estimate of drug-likeness (QED) is 0.394.